The molecule has 62 valence electrons. The SMILES string of the molecule is C[C@@H]1NC(=O)O[C@@H]1OC(=O)O. The van der Waals surface area contributed by atoms with E-state index in [1.54, 1.807) is 6.92 Å². The van der Waals surface area contributed by atoms with Crippen LogP contribution in [0.4, 0.5) is 9.59 Å². The number of ether oxygens (including phenoxy) is 2. The number of rotatable bonds is 1. The fraction of sp³-hybridized carbons (Fsp3) is 0.600. The van der Waals surface area contributed by atoms with Gasteiger partial charge in [-0.2, -0.15) is 0 Å². The maximum Gasteiger partial charge on any atom is 0.508 e. The van der Waals surface area contributed by atoms with Crippen molar-refractivity contribution in [2.75, 3.05) is 0 Å². The Labute approximate surface area is 62.1 Å². The molecule has 1 aliphatic rings. The lowest BCUT2D eigenvalue weighted by Gasteiger charge is -2.09. The van der Waals surface area contributed by atoms with E-state index in [1.807, 2.05) is 0 Å². The Kier molecular flexibility index (Phi) is 1.84. The smallest absolute Gasteiger partial charge is 0.450 e. The second-order valence-corrected chi connectivity index (χ2v) is 2.09. The van der Waals surface area contributed by atoms with Gasteiger partial charge in [-0.25, -0.2) is 9.59 Å². The Morgan fingerprint density at radius 1 is 1.82 bits per heavy atom. The van der Waals surface area contributed by atoms with Crippen LogP contribution in [-0.2, 0) is 9.47 Å². The highest BCUT2D eigenvalue weighted by molar-refractivity contribution is 5.70. The predicted octanol–water partition coefficient (Wildman–Crippen LogP) is 0.135. The maximum atomic E-state index is 10.4. The van der Waals surface area contributed by atoms with E-state index in [0.29, 0.717) is 0 Å². The van der Waals surface area contributed by atoms with Gasteiger partial charge in [0.15, 0.2) is 0 Å². The number of alkyl carbamates (subject to hydrolysis) is 1. The molecule has 0 bridgehead atoms. The number of carbonyl (C=O) groups is 2. The normalized spacial score (nSPS) is 29.0. The molecule has 0 spiro atoms. The van der Waals surface area contributed by atoms with Gasteiger partial charge < -0.3 is 19.9 Å². The molecule has 2 atom stereocenters. The third kappa shape index (κ3) is 1.73. The van der Waals surface area contributed by atoms with Crippen molar-refractivity contribution in [1.29, 1.82) is 0 Å². The number of amides is 1. The summed E-state index contributed by atoms with van der Waals surface area (Å²) in [5.74, 6) is 0. The van der Waals surface area contributed by atoms with E-state index in [0.717, 1.165) is 0 Å². The highest BCUT2D eigenvalue weighted by atomic mass is 16.8. The van der Waals surface area contributed by atoms with Crippen molar-refractivity contribution in [2.45, 2.75) is 19.3 Å². The molecule has 0 unspecified atom stereocenters. The van der Waals surface area contributed by atoms with E-state index < -0.39 is 24.6 Å². The van der Waals surface area contributed by atoms with Gasteiger partial charge in [0, 0.05) is 0 Å². The van der Waals surface area contributed by atoms with Crippen LogP contribution in [-0.4, -0.2) is 29.7 Å². The van der Waals surface area contributed by atoms with Crippen molar-refractivity contribution >= 4 is 12.2 Å². The van der Waals surface area contributed by atoms with Gasteiger partial charge in [0.2, 0.25) is 0 Å². The van der Waals surface area contributed by atoms with Gasteiger partial charge in [0.05, 0.1) is 0 Å². The highest BCUT2D eigenvalue weighted by Gasteiger charge is 2.33. The topological polar surface area (TPSA) is 84.9 Å². The molecule has 1 aliphatic heterocycles. The predicted molar refractivity (Wildman–Crippen MR) is 32.0 cm³/mol. The summed E-state index contributed by atoms with van der Waals surface area (Å²) in [6.45, 7) is 1.58. The van der Waals surface area contributed by atoms with Crippen molar-refractivity contribution in [3.63, 3.8) is 0 Å². The van der Waals surface area contributed by atoms with E-state index in [9.17, 15) is 9.59 Å². The number of carbonyl (C=O) groups excluding carboxylic acids is 1. The fourth-order valence-corrected chi connectivity index (χ4v) is 0.721. The molecule has 0 radical (unpaired) electrons. The monoisotopic (exact) mass is 161 g/mol. The zero-order valence-electron chi connectivity index (χ0n) is 5.73. The summed E-state index contributed by atoms with van der Waals surface area (Å²) in [5, 5.41) is 10.5. The lowest BCUT2D eigenvalue weighted by atomic mass is 10.3. The molecule has 11 heavy (non-hydrogen) atoms. The minimum Gasteiger partial charge on any atom is -0.450 e. The molecule has 0 aromatic rings. The van der Waals surface area contributed by atoms with Crippen LogP contribution in [0.2, 0.25) is 0 Å². The van der Waals surface area contributed by atoms with Gasteiger partial charge >= 0.3 is 12.2 Å². The van der Waals surface area contributed by atoms with Crippen molar-refractivity contribution in [1.82, 2.24) is 5.32 Å². The lowest BCUT2D eigenvalue weighted by Crippen LogP contribution is -2.30. The van der Waals surface area contributed by atoms with Gasteiger partial charge in [-0.15, -0.1) is 0 Å². The summed E-state index contributed by atoms with van der Waals surface area (Å²) in [6, 6.07) is -0.432. The van der Waals surface area contributed by atoms with E-state index in [2.05, 4.69) is 14.8 Å². The van der Waals surface area contributed by atoms with Crippen LogP contribution in [0.3, 0.4) is 0 Å². The minimum absolute atomic E-state index is 0.432. The number of hydrogen-bond acceptors (Lipinski definition) is 4. The first-order valence-electron chi connectivity index (χ1n) is 2.96. The van der Waals surface area contributed by atoms with E-state index in [1.165, 1.54) is 0 Å². The molecule has 6 nitrogen and oxygen atoms in total. The largest absolute Gasteiger partial charge is 0.508 e. The quantitative estimate of drug-likeness (QED) is 0.534. The van der Waals surface area contributed by atoms with Gasteiger partial charge in [0.25, 0.3) is 6.29 Å². The maximum absolute atomic E-state index is 10.4. The first kappa shape index (κ1) is 7.64. The summed E-state index contributed by atoms with van der Waals surface area (Å²) in [5.41, 5.74) is 0. The zero-order valence-corrected chi connectivity index (χ0v) is 5.73. The summed E-state index contributed by atoms with van der Waals surface area (Å²) in [4.78, 5) is 20.4. The average molecular weight is 161 g/mol. The number of nitrogens with one attached hydrogen (secondary N) is 1. The van der Waals surface area contributed by atoms with Crippen molar-refractivity contribution in [3.8, 4) is 0 Å². The Morgan fingerprint density at radius 2 is 2.45 bits per heavy atom. The van der Waals surface area contributed by atoms with Crippen LogP contribution < -0.4 is 5.32 Å². The number of cyclic esters (lactones) is 1. The first-order valence-corrected chi connectivity index (χ1v) is 2.96. The van der Waals surface area contributed by atoms with Gasteiger partial charge in [-0.1, -0.05) is 0 Å². The zero-order chi connectivity index (χ0) is 8.43. The fourth-order valence-electron chi connectivity index (χ4n) is 0.721. The molecule has 1 saturated heterocycles. The summed E-state index contributed by atoms with van der Waals surface area (Å²) >= 11 is 0. The molecule has 0 aliphatic carbocycles. The van der Waals surface area contributed by atoms with Crippen molar-refractivity contribution in [3.05, 3.63) is 0 Å². The van der Waals surface area contributed by atoms with Crippen LogP contribution in [0, 0.1) is 0 Å². The third-order valence-corrected chi connectivity index (χ3v) is 1.19. The molecular formula is C5H7NO5. The third-order valence-electron chi connectivity index (χ3n) is 1.19. The van der Waals surface area contributed by atoms with Crippen LogP contribution in [0.25, 0.3) is 0 Å². The molecule has 0 aromatic heterocycles. The number of carboxylic acid groups (broad SMARTS) is 1. The van der Waals surface area contributed by atoms with E-state index >= 15 is 0 Å². The number of hydrogen-bond donors (Lipinski definition) is 2. The Morgan fingerprint density at radius 3 is 2.82 bits per heavy atom. The average Bonchev–Trinajstić information content (AvgIpc) is 2.09. The van der Waals surface area contributed by atoms with Crippen LogP contribution >= 0.6 is 0 Å². The Hall–Kier alpha value is -1.46. The molecule has 1 amide bonds. The second-order valence-electron chi connectivity index (χ2n) is 2.09. The van der Waals surface area contributed by atoms with Crippen molar-refractivity contribution in [2.24, 2.45) is 0 Å². The van der Waals surface area contributed by atoms with Gasteiger partial charge in [-0.05, 0) is 6.92 Å². The van der Waals surface area contributed by atoms with E-state index in [4.69, 9.17) is 5.11 Å². The van der Waals surface area contributed by atoms with Crippen molar-refractivity contribution < 1.29 is 24.2 Å². The highest BCUT2D eigenvalue weighted by Crippen LogP contribution is 2.09. The van der Waals surface area contributed by atoms with Crippen LogP contribution in [0.15, 0.2) is 0 Å². The van der Waals surface area contributed by atoms with Gasteiger partial charge in [0.1, 0.15) is 6.04 Å². The minimum atomic E-state index is -1.46. The standard InChI is InChI=1S/C5H7NO5/c1-2-3(11-5(8)9)10-4(7)6-2/h2-3H,1H3,(H,6,7)(H,8,9)/t2-,3+/m0/s1. The lowest BCUT2D eigenvalue weighted by molar-refractivity contribution is -0.0627. The van der Waals surface area contributed by atoms with Crippen LogP contribution in [0.1, 0.15) is 6.92 Å². The summed E-state index contributed by atoms with van der Waals surface area (Å²) in [6.07, 6.45) is -3.15. The molecule has 6 heteroatoms. The second kappa shape index (κ2) is 2.65. The Balaban J connectivity index is 2.46. The molecule has 1 heterocycles. The molecular weight excluding hydrogens is 154 g/mol. The molecule has 0 saturated carbocycles. The first-order chi connectivity index (χ1) is 5.09. The van der Waals surface area contributed by atoms with Crippen LogP contribution in [0.5, 0.6) is 0 Å². The Bertz CT molecular complexity index is 191. The molecule has 1 fully saturated rings. The summed E-state index contributed by atoms with van der Waals surface area (Å²) in [7, 11) is 0. The molecule has 2 N–H and O–H groups in total. The van der Waals surface area contributed by atoms with Gasteiger partial charge in [-0.3, -0.25) is 0 Å². The summed E-state index contributed by atoms with van der Waals surface area (Å²) < 4.78 is 8.64. The van der Waals surface area contributed by atoms with E-state index in [-0.39, 0.29) is 0 Å². The molecule has 1 rings (SSSR count). The molecule has 0 aromatic carbocycles.